The van der Waals surface area contributed by atoms with Crippen molar-refractivity contribution in [3.05, 3.63) is 22.8 Å². The Balaban J connectivity index is 2.80. The molecule has 0 aliphatic carbocycles. The number of alkyl halides is 3. The highest BCUT2D eigenvalue weighted by atomic mass is 35.5. The van der Waals surface area contributed by atoms with Crippen LogP contribution in [-0.2, 0) is 4.74 Å². The molecule has 1 amide bonds. The standard InChI is InChI=1S/C12H14ClF3N2O2/c1-12(2,3)20-11(19)18-7-5-4-6(9(13)17-7)8(14)10(15)16/h4-5,8,10H,1-3H3,(H,17,18,19). The topological polar surface area (TPSA) is 51.2 Å². The molecule has 1 N–H and O–H groups in total. The van der Waals surface area contributed by atoms with E-state index in [1.807, 2.05) is 0 Å². The number of carbonyl (C=O) groups excluding carboxylic acids is 1. The van der Waals surface area contributed by atoms with Gasteiger partial charge in [-0.15, -0.1) is 0 Å². The van der Waals surface area contributed by atoms with Gasteiger partial charge in [0, 0.05) is 5.56 Å². The van der Waals surface area contributed by atoms with Gasteiger partial charge in [0.15, 0.2) is 6.17 Å². The third kappa shape index (κ3) is 4.88. The molecular formula is C12H14ClF3N2O2. The summed E-state index contributed by atoms with van der Waals surface area (Å²) in [7, 11) is 0. The Morgan fingerprint density at radius 3 is 2.40 bits per heavy atom. The summed E-state index contributed by atoms with van der Waals surface area (Å²) < 4.78 is 42.6. The second-order valence-corrected chi connectivity index (χ2v) is 5.30. The van der Waals surface area contributed by atoms with Crippen LogP contribution >= 0.6 is 11.6 Å². The summed E-state index contributed by atoms with van der Waals surface area (Å²) in [6.07, 6.45) is -6.50. The van der Waals surface area contributed by atoms with Gasteiger partial charge in [-0.3, -0.25) is 5.32 Å². The van der Waals surface area contributed by atoms with Gasteiger partial charge >= 0.3 is 6.09 Å². The smallest absolute Gasteiger partial charge is 0.413 e. The van der Waals surface area contributed by atoms with Crippen molar-refractivity contribution in [1.82, 2.24) is 4.98 Å². The fourth-order valence-corrected chi connectivity index (χ4v) is 1.52. The quantitative estimate of drug-likeness (QED) is 0.844. The SMILES string of the molecule is CC(C)(C)OC(=O)Nc1ccc(C(F)C(F)F)c(Cl)n1. The molecule has 0 saturated carbocycles. The van der Waals surface area contributed by atoms with E-state index in [-0.39, 0.29) is 5.82 Å². The number of nitrogens with zero attached hydrogens (tertiary/aromatic N) is 1. The predicted molar refractivity (Wildman–Crippen MR) is 69.0 cm³/mol. The molecule has 8 heteroatoms. The zero-order valence-corrected chi connectivity index (χ0v) is 11.8. The fraction of sp³-hybridized carbons (Fsp3) is 0.500. The van der Waals surface area contributed by atoms with Crippen LogP contribution in [0, 0.1) is 0 Å². The Labute approximate surface area is 119 Å². The van der Waals surface area contributed by atoms with Crippen LogP contribution in [0.1, 0.15) is 32.5 Å². The highest BCUT2D eigenvalue weighted by Crippen LogP contribution is 2.30. The summed E-state index contributed by atoms with van der Waals surface area (Å²) in [4.78, 5) is 15.1. The molecule has 20 heavy (non-hydrogen) atoms. The van der Waals surface area contributed by atoms with E-state index >= 15 is 0 Å². The number of hydrogen-bond acceptors (Lipinski definition) is 3. The van der Waals surface area contributed by atoms with Crippen molar-refractivity contribution in [3.63, 3.8) is 0 Å². The Kier molecular flexibility index (Phi) is 5.21. The van der Waals surface area contributed by atoms with Gasteiger partial charge in [0.2, 0.25) is 0 Å². The summed E-state index contributed by atoms with van der Waals surface area (Å²) >= 11 is 5.61. The number of pyridine rings is 1. The average Bonchev–Trinajstić information content (AvgIpc) is 2.25. The van der Waals surface area contributed by atoms with Gasteiger partial charge in [0.05, 0.1) is 0 Å². The summed E-state index contributed by atoms with van der Waals surface area (Å²) in [6.45, 7) is 5.02. The lowest BCUT2D eigenvalue weighted by molar-refractivity contribution is 0.0494. The van der Waals surface area contributed by atoms with Crippen molar-refractivity contribution < 1.29 is 22.7 Å². The lowest BCUT2D eigenvalue weighted by atomic mass is 10.2. The van der Waals surface area contributed by atoms with E-state index in [4.69, 9.17) is 16.3 Å². The molecule has 4 nitrogen and oxygen atoms in total. The minimum absolute atomic E-state index is 0.0190. The molecule has 0 radical (unpaired) electrons. The van der Waals surface area contributed by atoms with Crippen molar-refractivity contribution in [3.8, 4) is 0 Å². The Morgan fingerprint density at radius 1 is 1.35 bits per heavy atom. The van der Waals surface area contributed by atoms with Crippen LogP contribution in [-0.4, -0.2) is 23.1 Å². The number of aromatic nitrogens is 1. The van der Waals surface area contributed by atoms with Gasteiger partial charge in [0.1, 0.15) is 16.6 Å². The van der Waals surface area contributed by atoms with Gasteiger partial charge < -0.3 is 4.74 Å². The normalized spacial score (nSPS) is 13.2. The molecule has 0 bridgehead atoms. The third-order valence-electron chi connectivity index (χ3n) is 2.02. The van der Waals surface area contributed by atoms with E-state index in [1.165, 1.54) is 6.07 Å². The van der Waals surface area contributed by atoms with Crippen LogP contribution < -0.4 is 5.32 Å². The first-order valence-electron chi connectivity index (χ1n) is 5.69. The Morgan fingerprint density at radius 2 is 1.95 bits per heavy atom. The molecule has 1 aromatic heterocycles. The van der Waals surface area contributed by atoms with E-state index in [0.29, 0.717) is 0 Å². The average molecular weight is 311 g/mol. The van der Waals surface area contributed by atoms with Gasteiger partial charge in [-0.05, 0) is 32.9 Å². The first kappa shape index (κ1) is 16.6. The minimum atomic E-state index is -3.20. The second kappa shape index (κ2) is 6.30. The van der Waals surface area contributed by atoms with Crippen LogP contribution in [0.4, 0.5) is 23.8 Å². The molecule has 1 unspecified atom stereocenters. The highest BCUT2D eigenvalue weighted by Gasteiger charge is 2.25. The van der Waals surface area contributed by atoms with E-state index in [1.54, 1.807) is 20.8 Å². The Bertz CT molecular complexity index is 492. The van der Waals surface area contributed by atoms with Crippen molar-refractivity contribution >= 4 is 23.5 Å². The third-order valence-corrected chi connectivity index (χ3v) is 2.33. The maximum atomic E-state index is 13.1. The number of anilines is 1. The van der Waals surface area contributed by atoms with Gasteiger partial charge in [-0.1, -0.05) is 11.6 Å². The van der Waals surface area contributed by atoms with Crippen molar-refractivity contribution in [1.29, 1.82) is 0 Å². The van der Waals surface area contributed by atoms with Crippen LogP contribution in [0.3, 0.4) is 0 Å². The van der Waals surface area contributed by atoms with E-state index in [0.717, 1.165) is 6.07 Å². The number of hydrogen-bond donors (Lipinski definition) is 1. The first-order valence-corrected chi connectivity index (χ1v) is 6.06. The summed E-state index contributed by atoms with van der Waals surface area (Å²) in [5.41, 5.74) is -1.13. The van der Waals surface area contributed by atoms with Gasteiger partial charge in [-0.2, -0.15) is 0 Å². The summed E-state index contributed by atoms with van der Waals surface area (Å²) in [6, 6.07) is 2.21. The van der Waals surface area contributed by atoms with E-state index < -0.39 is 35.0 Å². The molecule has 1 heterocycles. The fourth-order valence-electron chi connectivity index (χ4n) is 1.26. The lowest BCUT2D eigenvalue weighted by Crippen LogP contribution is -2.27. The molecule has 0 saturated heterocycles. The molecule has 0 fully saturated rings. The zero-order chi connectivity index (χ0) is 15.5. The van der Waals surface area contributed by atoms with Gasteiger partial charge in [0.25, 0.3) is 6.43 Å². The molecule has 1 atom stereocenters. The van der Waals surface area contributed by atoms with Crippen molar-refractivity contribution in [2.24, 2.45) is 0 Å². The number of rotatable bonds is 3. The lowest BCUT2D eigenvalue weighted by Gasteiger charge is -2.19. The molecule has 0 aliphatic heterocycles. The monoisotopic (exact) mass is 310 g/mol. The number of ether oxygens (including phenoxy) is 1. The largest absolute Gasteiger partial charge is 0.444 e. The zero-order valence-electron chi connectivity index (χ0n) is 11.1. The predicted octanol–water partition coefficient (Wildman–Crippen LogP) is 4.36. The minimum Gasteiger partial charge on any atom is -0.444 e. The molecule has 0 aromatic carbocycles. The summed E-state index contributed by atoms with van der Waals surface area (Å²) in [5.74, 6) is -0.0190. The second-order valence-electron chi connectivity index (χ2n) is 4.94. The summed E-state index contributed by atoms with van der Waals surface area (Å²) in [5, 5.41) is 1.83. The van der Waals surface area contributed by atoms with Crippen LogP contribution in [0.5, 0.6) is 0 Å². The molecule has 1 rings (SSSR count). The van der Waals surface area contributed by atoms with Gasteiger partial charge in [-0.25, -0.2) is 22.9 Å². The van der Waals surface area contributed by atoms with Crippen molar-refractivity contribution in [2.45, 2.75) is 39.0 Å². The molecule has 1 aromatic rings. The number of amides is 1. The number of carbonyl (C=O) groups is 1. The van der Waals surface area contributed by atoms with E-state index in [2.05, 4.69) is 10.3 Å². The van der Waals surface area contributed by atoms with Crippen molar-refractivity contribution in [2.75, 3.05) is 5.32 Å². The molecule has 112 valence electrons. The van der Waals surface area contributed by atoms with Crippen LogP contribution in [0.15, 0.2) is 12.1 Å². The molecule has 0 spiro atoms. The van der Waals surface area contributed by atoms with Crippen LogP contribution in [0.25, 0.3) is 0 Å². The maximum Gasteiger partial charge on any atom is 0.413 e. The van der Waals surface area contributed by atoms with Crippen LogP contribution in [0.2, 0.25) is 5.15 Å². The number of halogens is 4. The first-order chi connectivity index (χ1) is 9.10. The molecule has 0 aliphatic rings. The maximum absolute atomic E-state index is 13.1. The number of nitrogens with one attached hydrogen (secondary N) is 1. The Hall–Kier alpha value is -1.50. The molecular weight excluding hydrogens is 297 g/mol. The van der Waals surface area contributed by atoms with E-state index in [9.17, 15) is 18.0 Å². The highest BCUT2D eigenvalue weighted by molar-refractivity contribution is 6.30.